The number of nitrogens with zero attached hydrogens (tertiary/aromatic N) is 2. The normalized spacial score (nSPS) is 23.4. The third-order valence-corrected chi connectivity index (χ3v) is 6.15. The van der Waals surface area contributed by atoms with Crippen molar-refractivity contribution < 1.29 is 0 Å². The Balaban J connectivity index is 1.94. The fourth-order valence-electron chi connectivity index (χ4n) is 3.42. The predicted molar refractivity (Wildman–Crippen MR) is 93.1 cm³/mol. The van der Waals surface area contributed by atoms with Crippen LogP contribution in [0.25, 0.3) is 0 Å². The second-order valence-electron chi connectivity index (χ2n) is 7.00. The van der Waals surface area contributed by atoms with E-state index in [-0.39, 0.29) is 5.54 Å². The van der Waals surface area contributed by atoms with Gasteiger partial charge in [0.1, 0.15) is 0 Å². The molecule has 0 amide bonds. The van der Waals surface area contributed by atoms with Gasteiger partial charge in [-0.05, 0) is 65.2 Å². The molecular weight excluding hydrogens is 350 g/mol. The molecule has 0 radical (unpaired) electrons. The Kier molecular flexibility index (Phi) is 3.73. The van der Waals surface area contributed by atoms with E-state index in [1.54, 1.807) is 0 Å². The molecule has 0 saturated heterocycles. The first-order valence-electron chi connectivity index (χ1n) is 7.38. The first-order valence-corrected chi connectivity index (χ1v) is 8.55. The van der Waals surface area contributed by atoms with Gasteiger partial charge in [-0.1, -0.05) is 25.4 Å². The van der Waals surface area contributed by atoms with Crippen LogP contribution in [0.5, 0.6) is 0 Å². The van der Waals surface area contributed by atoms with Crippen molar-refractivity contribution in [2.24, 2.45) is 16.1 Å². The van der Waals surface area contributed by atoms with E-state index in [2.05, 4.69) is 39.7 Å². The van der Waals surface area contributed by atoms with Gasteiger partial charge in [0.15, 0.2) is 5.96 Å². The van der Waals surface area contributed by atoms with Gasteiger partial charge in [-0.15, -0.1) is 0 Å². The number of nitrogens with two attached hydrogens (primary N) is 1. The molecule has 114 valence electrons. The lowest BCUT2D eigenvalue weighted by atomic mass is 9.69. The number of hydrogen-bond donors (Lipinski definition) is 1. The third-order valence-electron chi connectivity index (χ3n) is 4.93. The Morgan fingerprint density at radius 3 is 2.52 bits per heavy atom. The summed E-state index contributed by atoms with van der Waals surface area (Å²) in [6.07, 6.45) is 4.68. The fourth-order valence-corrected chi connectivity index (χ4v) is 3.90. The van der Waals surface area contributed by atoms with Crippen molar-refractivity contribution in [3.63, 3.8) is 0 Å². The molecule has 0 bridgehead atoms. The molecule has 21 heavy (non-hydrogen) atoms. The molecule has 0 unspecified atom stereocenters. The van der Waals surface area contributed by atoms with E-state index < -0.39 is 0 Å². The van der Waals surface area contributed by atoms with Crippen LogP contribution in [0, 0.1) is 5.41 Å². The van der Waals surface area contributed by atoms with Crippen molar-refractivity contribution in [2.75, 3.05) is 11.4 Å². The lowest BCUT2D eigenvalue weighted by molar-refractivity contribution is 0.176. The minimum Gasteiger partial charge on any atom is -0.369 e. The van der Waals surface area contributed by atoms with E-state index in [0.717, 1.165) is 29.5 Å². The van der Waals surface area contributed by atoms with Gasteiger partial charge in [-0.3, -0.25) is 4.99 Å². The summed E-state index contributed by atoms with van der Waals surface area (Å²) in [7, 11) is 0. The first-order chi connectivity index (χ1) is 9.83. The van der Waals surface area contributed by atoms with Gasteiger partial charge in [0.25, 0.3) is 0 Å². The van der Waals surface area contributed by atoms with Gasteiger partial charge in [-0.2, -0.15) is 0 Å². The zero-order chi connectivity index (χ0) is 15.3. The van der Waals surface area contributed by atoms with E-state index in [1.165, 1.54) is 12.8 Å². The van der Waals surface area contributed by atoms with Crippen LogP contribution in [-0.4, -0.2) is 18.0 Å². The highest BCUT2D eigenvalue weighted by Crippen LogP contribution is 2.46. The van der Waals surface area contributed by atoms with Crippen LogP contribution in [0.2, 0.25) is 5.02 Å². The highest BCUT2D eigenvalue weighted by molar-refractivity contribution is 9.10. The quantitative estimate of drug-likeness (QED) is 0.786. The average molecular weight is 371 g/mol. The van der Waals surface area contributed by atoms with E-state index >= 15 is 0 Å². The van der Waals surface area contributed by atoms with E-state index in [0.29, 0.717) is 16.4 Å². The number of benzene rings is 1. The number of aliphatic imine (C=N–C) groups is 1. The average Bonchev–Trinajstić information content (AvgIpc) is 2.75. The largest absolute Gasteiger partial charge is 0.369 e. The Hall–Kier alpha value is -0.740. The number of rotatable bonds is 1. The molecule has 1 aliphatic carbocycles. The molecule has 1 spiro atoms. The van der Waals surface area contributed by atoms with Crippen LogP contribution >= 0.6 is 27.5 Å². The monoisotopic (exact) mass is 369 g/mol. The zero-order valence-electron chi connectivity index (χ0n) is 12.5. The van der Waals surface area contributed by atoms with Gasteiger partial charge in [0, 0.05) is 10.2 Å². The van der Waals surface area contributed by atoms with Gasteiger partial charge in [0.05, 0.1) is 17.1 Å². The first kappa shape index (κ1) is 15.2. The Morgan fingerprint density at radius 2 is 1.90 bits per heavy atom. The van der Waals surface area contributed by atoms with Crippen LogP contribution in [0.3, 0.4) is 0 Å². The van der Waals surface area contributed by atoms with Crippen molar-refractivity contribution in [3.8, 4) is 0 Å². The highest BCUT2D eigenvalue weighted by atomic mass is 79.9. The standard InChI is InChI=1S/C16H21BrClN3/c1-15(2)5-7-16(8-6-15)10-20-14(19)21(16)11-3-4-13(18)12(17)9-11/h3-4,9H,5-8,10H2,1-2H3,(H2,19,20). The third kappa shape index (κ3) is 2.68. The number of anilines is 1. The second-order valence-corrected chi connectivity index (χ2v) is 8.26. The maximum Gasteiger partial charge on any atom is 0.196 e. The lowest BCUT2D eigenvalue weighted by Gasteiger charge is -2.46. The minimum absolute atomic E-state index is 0.0485. The van der Waals surface area contributed by atoms with Crippen LogP contribution < -0.4 is 10.6 Å². The lowest BCUT2D eigenvalue weighted by Crippen LogP contribution is -2.54. The zero-order valence-corrected chi connectivity index (χ0v) is 14.8. The SMILES string of the molecule is CC1(C)CCC2(CC1)CN=C(N)N2c1ccc(Cl)c(Br)c1. The van der Waals surface area contributed by atoms with Crippen LogP contribution in [0.15, 0.2) is 27.7 Å². The molecule has 1 saturated carbocycles. The van der Waals surface area contributed by atoms with E-state index in [1.807, 2.05) is 18.2 Å². The molecule has 1 aromatic rings. The Labute approximate surface area is 139 Å². The molecule has 2 aliphatic rings. The summed E-state index contributed by atoms with van der Waals surface area (Å²) in [5.41, 5.74) is 7.75. The van der Waals surface area contributed by atoms with Crippen molar-refractivity contribution in [1.82, 2.24) is 0 Å². The highest BCUT2D eigenvalue weighted by Gasteiger charge is 2.47. The topological polar surface area (TPSA) is 41.6 Å². The summed E-state index contributed by atoms with van der Waals surface area (Å²) in [5, 5.41) is 0.715. The predicted octanol–water partition coefficient (Wildman–Crippen LogP) is 4.58. The number of hydrogen-bond acceptors (Lipinski definition) is 3. The maximum absolute atomic E-state index is 6.20. The maximum atomic E-state index is 6.20. The molecule has 1 fully saturated rings. The van der Waals surface area contributed by atoms with Crippen LogP contribution in [-0.2, 0) is 0 Å². The molecule has 3 rings (SSSR count). The van der Waals surface area contributed by atoms with Crippen molar-refractivity contribution in [3.05, 3.63) is 27.7 Å². The molecule has 0 aromatic heterocycles. The smallest absolute Gasteiger partial charge is 0.196 e. The molecule has 1 aliphatic heterocycles. The number of guanidine groups is 1. The Morgan fingerprint density at radius 1 is 1.24 bits per heavy atom. The van der Waals surface area contributed by atoms with Crippen LogP contribution in [0.1, 0.15) is 39.5 Å². The fraction of sp³-hybridized carbons (Fsp3) is 0.562. The summed E-state index contributed by atoms with van der Waals surface area (Å²) in [4.78, 5) is 6.77. The summed E-state index contributed by atoms with van der Waals surface area (Å²) in [6, 6.07) is 5.98. The summed E-state index contributed by atoms with van der Waals surface area (Å²) < 4.78 is 0.896. The van der Waals surface area contributed by atoms with Crippen molar-refractivity contribution >= 4 is 39.2 Å². The van der Waals surface area contributed by atoms with Gasteiger partial charge < -0.3 is 10.6 Å². The molecule has 5 heteroatoms. The van der Waals surface area contributed by atoms with E-state index in [4.69, 9.17) is 17.3 Å². The molecule has 3 nitrogen and oxygen atoms in total. The van der Waals surface area contributed by atoms with Gasteiger partial charge >= 0.3 is 0 Å². The van der Waals surface area contributed by atoms with Crippen molar-refractivity contribution in [1.29, 1.82) is 0 Å². The summed E-state index contributed by atoms with van der Waals surface area (Å²) in [6.45, 7) is 5.50. The van der Waals surface area contributed by atoms with E-state index in [9.17, 15) is 0 Å². The molecule has 1 aromatic carbocycles. The van der Waals surface area contributed by atoms with Gasteiger partial charge in [0.2, 0.25) is 0 Å². The number of halogens is 2. The Bertz CT molecular complexity index is 587. The second kappa shape index (κ2) is 5.17. The molecule has 2 N–H and O–H groups in total. The molecule has 1 heterocycles. The van der Waals surface area contributed by atoms with Crippen LogP contribution in [0.4, 0.5) is 5.69 Å². The molecule has 0 atom stereocenters. The molecular formula is C16H21BrClN3. The summed E-state index contributed by atoms with van der Waals surface area (Å²) in [5.74, 6) is 0.629. The van der Waals surface area contributed by atoms with Gasteiger partial charge in [-0.25, -0.2) is 0 Å². The minimum atomic E-state index is 0.0485. The van der Waals surface area contributed by atoms with Crippen molar-refractivity contribution in [2.45, 2.75) is 45.1 Å². The summed E-state index contributed by atoms with van der Waals surface area (Å²) >= 11 is 9.62.